The lowest BCUT2D eigenvalue weighted by Gasteiger charge is -2.38. The van der Waals surface area contributed by atoms with E-state index in [1.807, 2.05) is 6.07 Å². The van der Waals surface area contributed by atoms with Gasteiger partial charge in [-0.25, -0.2) is 0 Å². The summed E-state index contributed by atoms with van der Waals surface area (Å²) in [6, 6.07) is 8.97. The van der Waals surface area contributed by atoms with E-state index in [9.17, 15) is 0 Å². The van der Waals surface area contributed by atoms with Crippen LogP contribution in [0.25, 0.3) is 0 Å². The molecule has 0 saturated carbocycles. The number of nitrogens with two attached hydrogens (primary N) is 1. The molecule has 0 bridgehead atoms. The maximum Gasteiger partial charge on any atom is 0.120 e. The van der Waals surface area contributed by atoms with E-state index in [0.29, 0.717) is 6.04 Å². The third-order valence-corrected chi connectivity index (χ3v) is 4.03. The minimum atomic E-state index is 0.220. The van der Waals surface area contributed by atoms with Crippen LogP contribution in [0.15, 0.2) is 24.3 Å². The number of ether oxygens (including phenoxy) is 1. The number of likely N-dealkylation sites (tertiary alicyclic amines) is 1. The van der Waals surface area contributed by atoms with Gasteiger partial charge in [0.2, 0.25) is 0 Å². The molecule has 2 atom stereocenters. The van der Waals surface area contributed by atoms with Crippen molar-refractivity contribution >= 4 is 0 Å². The molecule has 1 aliphatic heterocycles. The molecule has 20 heavy (non-hydrogen) atoms. The van der Waals surface area contributed by atoms with Gasteiger partial charge in [-0.1, -0.05) is 19.1 Å². The fourth-order valence-electron chi connectivity index (χ4n) is 2.98. The highest BCUT2D eigenvalue weighted by Crippen LogP contribution is 2.24. The van der Waals surface area contributed by atoms with Gasteiger partial charge >= 0.3 is 0 Å². The van der Waals surface area contributed by atoms with E-state index in [1.165, 1.54) is 18.4 Å². The quantitative estimate of drug-likeness (QED) is 0.898. The van der Waals surface area contributed by atoms with Gasteiger partial charge in [0.05, 0.1) is 6.10 Å². The fraction of sp³-hybridized carbons (Fsp3) is 0.647. The Morgan fingerprint density at radius 3 is 2.90 bits per heavy atom. The van der Waals surface area contributed by atoms with Crippen LogP contribution in [-0.4, -0.2) is 30.1 Å². The first-order chi connectivity index (χ1) is 9.58. The van der Waals surface area contributed by atoms with Crippen molar-refractivity contribution in [1.82, 2.24) is 4.90 Å². The van der Waals surface area contributed by atoms with Gasteiger partial charge in [0.25, 0.3) is 0 Å². The van der Waals surface area contributed by atoms with Crippen LogP contribution >= 0.6 is 0 Å². The molecule has 0 aliphatic carbocycles. The van der Waals surface area contributed by atoms with Gasteiger partial charge in [-0.05, 0) is 56.8 Å². The summed E-state index contributed by atoms with van der Waals surface area (Å²) in [4.78, 5) is 2.52. The summed E-state index contributed by atoms with van der Waals surface area (Å²) in [5.74, 6) is 1.77. The predicted molar refractivity (Wildman–Crippen MR) is 83.9 cm³/mol. The molecule has 1 heterocycles. The molecular formula is C17H28N2O. The summed E-state index contributed by atoms with van der Waals surface area (Å²) in [6.45, 7) is 9.33. The standard InChI is InChI=1S/C17H28N2O/c1-13(2)20-17-6-4-5-15(10-17)12-19-8-7-14(3)9-16(19)11-18/h4-6,10,13-14,16H,7-9,11-12,18H2,1-3H3. The van der Waals surface area contributed by atoms with E-state index in [4.69, 9.17) is 10.5 Å². The third kappa shape index (κ3) is 4.22. The van der Waals surface area contributed by atoms with Gasteiger partial charge in [-0.3, -0.25) is 4.90 Å². The first-order valence-electron chi connectivity index (χ1n) is 7.78. The molecule has 0 aromatic heterocycles. The predicted octanol–water partition coefficient (Wildman–Crippen LogP) is 3.03. The molecular weight excluding hydrogens is 248 g/mol. The number of benzene rings is 1. The molecule has 1 aromatic carbocycles. The summed E-state index contributed by atoms with van der Waals surface area (Å²) >= 11 is 0. The Labute approximate surface area is 123 Å². The number of piperidine rings is 1. The number of hydrogen-bond donors (Lipinski definition) is 1. The molecule has 3 heteroatoms. The van der Waals surface area contributed by atoms with Crippen LogP contribution in [0.1, 0.15) is 39.2 Å². The van der Waals surface area contributed by atoms with Crippen molar-refractivity contribution in [3.05, 3.63) is 29.8 Å². The zero-order valence-corrected chi connectivity index (χ0v) is 13.0. The first-order valence-corrected chi connectivity index (χ1v) is 7.78. The van der Waals surface area contributed by atoms with Crippen LogP contribution in [0, 0.1) is 5.92 Å². The highest BCUT2D eigenvalue weighted by Gasteiger charge is 2.25. The second kappa shape index (κ2) is 7.09. The van der Waals surface area contributed by atoms with Crippen LogP contribution in [0.4, 0.5) is 0 Å². The molecule has 0 amide bonds. The lowest BCUT2D eigenvalue weighted by atomic mass is 9.92. The largest absolute Gasteiger partial charge is 0.491 e. The van der Waals surface area contributed by atoms with Gasteiger partial charge in [-0.15, -0.1) is 0 Å². The van der Waals surface area contributed by atoms with Crippen molar-refractivity contribution in [2.24, 2.45) is 11.7 Å². The third-order valence-electron chi connectivity index (χ3n) is 4.03. The molecule has 1 fully saturated rings. The van der Waals surface area contributed by atoms with Crippen molar-refractivity contribution in [1.29, 1.82) is 0 Å². The van der Waals surface area contributed by atoms with Crippen LogP contribution in [-0.2, 0) is 6.54 Å². The zero-order chi connectivity index (χ0) is 14.5. The van der Waals surface area contributed by atoms with Crippen molar-refractivity contribution in [3.63, 3.8) is 0 Å². The minimum Gasteiger partial charge on any atom is -0.491 e. The molecule has 2 N–H and O–H groups in total. The Hall–Kier alpha value is -1.06. The Bertz CT molecular complexity index is 419. The van der Waals surface area contributed by atoms with Crippen LogP contribution in [0.2, 0.25) is 0 Å². The Morgan fingerprint density at radius 2 is 2.20 bits per heavy atom. The molecule has 0 spiro atoms. The number of hydrogen-bond acceptors (Lipinski definition) is 3. The Morgan fingerprint density at radius 1 is 1.40 bits per heavy atom. The van der Waals surface area contributed by atoms with Gasteiger partial charge in [0, 0.05) is 19.1 Å². The molecule has 2 rings (SSSR count). The minimum absolute atomic E-state index is 0.220. The SMILES string of the molecule is CC1CCN(Cc2cccc(OC(C)C)c2)C(CN)C1. The second-order valence-electron chi connectivity index (χ2n) is 6.30. The topological polar surface area (TPSA) is 38.5 Å². The van der Waals surface area contributed by atoms with E-state index in [-0.39, 0.29) is 6.10 Å². The molecule has 0 radical (unpaired) electrons. The van der Waals surface area contributed by atoms with Crippen molar-refractivity contribution in [3.8, 4) is 5.75 Å². The second-order valence-corrected chi connectivity index (χ2v) is 6.30. The number of rotatable bonds is 5. The maximum absolute atomic E-state index is 5.94. The highest BCUT2D eigenvalue weighted by atomic mass is 16.5. The summed E-state index contributed by atoms with van der Waals surface area (Å²) < 4.78 is 5.77. The van der Waals surface area contributed by atoms with E-state index in [0.717, 1.165) is 31.3 Å². The normalized spacial score (nSPS) is 24.1. The van der Waals surface area contributed by atoms with E-state index in [1.54, 1.807) is 0 Å². The summed E-state index contributed by atoms with van der Waals surface area (Å²) in [5.41, 5.74) is 7.25. The lowest BCUT2D eigenvalue weighted by molar-refractivity contribution is 0.115. The van der Waals surface area contributed by atoms with Crippen LogP contribution < -0.4 is 10.5 Å². The number of nitrogens with zero attached hydrogens (tertiary/aromatic N) is 1. The molecule has 1 aliphatic rings. The summed E-state index contributed by atoms with van der Waals surface area (Å²) in [6.07, 6.45) is 2.72. The van der Waals surface area contributed by atoms with E-state index < -0.39 is 0 Å². The molecule has 3 nitrogen and oxygen atoms in total. The Kier molecular flexibility index (Phi) is 5.44. The van der Waals surface area contributed by atoms with E-state index >= 15 is 0 Å². The monoisotopic (exact) mass is 276 g/mol. The lowest BCUT2D eigenvalue weighted by Crippen LogP contribution is -2.45. The average molecular weight is 276 g/mol. The zero-order valence-electron chi connectivity index (χ0n) is 13.0. The van der Waals surface area contributed by atoms with Crippen molar-refractivity contribution < 1.29 is 4.74 Å². The Balaban J connectivity index is 2.01. The highest BCUT2D eigenvalue weighted by molar-refractivity contribution is 5.28. The molecule has 1 saturated heterocycles. The van der Waals surface area contributed by atoms with Crippen molar-refractivity contribution in [2.45, 2.75) is 52.3 Å². The molecule has 112 valence electrons. The summed E-state index contributed by atoms with van der Waals surface area (Å²) in [5, 5.41) is 0. The summed E-state index contributed by atoms with van der Waals surface area (Å²) in [7, 11) is 0. The maximum atomic E-state index is 5.94. The average Bonchev–Trinajstić information content (AvgIpc) is 2.40. The smallest absolute Gasteiger partial charge is 0.120 e. The molecule has 2 unspecified atom stereocenters. The van der Waals surface area contributed by atoms with Crippen molar-refractivity contribution in [2.75, 3.05) is 13.1 Å². The first kappa shape index (κ1) is 15.3. The van der Waals surface area contributed by atoms with Crippen LogP contribution in [0.3, 0.4) is 0 Å². The molecule has 1 aromatic rings. The van der Waals surface area contributed by atoms with Gasteiger partial charge < -0.3 is 10.5 Å². The van der Waals surface area contributed by atoms with E-state index in [2.05, 4.69) is 43.9 Å². The fourth-order valence-corrected chi connectivity index (χ4v) is 2.98. The van der Waals surface area contributed by atoms with Gasteiger partial charge in [0.1, 0.15) is 5.75 Å². The van der Waals surface area contributed by atoms with Gasteiger partial charge in [-0.2, -0.15) is 0 Å². The van der Waals surface area contributed by atoms with Gasteiger partial charge in [0.15, 0.2) is 0 Å². The van der Waals surface area contributed by atoms with Crippen LogP contribution in [0.5, 0.6) is 5.75 Å².